The van der Waals surface area contributed by atoms with Gasteiger partial charge >= 0.3 is 5.82 Å². The number of nitrogens with two attached hydrogens (primary N) is 1. The van der Waals surface area contributed by atoms with Crippen molar-refractivity contribution < 1.29 is 4.92 Å². The highest BCUT2D eigenvalue weighted by molar-refractivity contribution is 5.27. The van der Waals surface area contributed by atoms with Crippen LogP contribution in [-0.4, -0.2) is 39.0 Å². The number of nitrogens with zero attached hydrogens (tertiary/aromatic N) is 4. The molecule has 1 aromatic heterocycles. The number of likely N-dealkylation sites (tertiary alicyclic amines) is 1. The van der Waals surface area contributed by atoms with E-state index < -0.39 is 4.92 Å². The molecule has 1 aromatic rings. The molecule has 18 heavy (non-hydrogen) atoms. The van der Waals surface area contributed by atoms with Crippen LogP contribution in [-0.2, 0) is 13.6 Å². The predicted molar refractivity (Wildman–Crippen MR) is 66.9 cm³/mol. The highest BCUT2D eigenvalue weighted by atomic mass is 16.6. The Kier molecular flexibility index (Phi) is 3.36. The lowest BCUT2D eigenvalue weighted by Gasteiger charge is -2.22. The lowest BCUT2D eigenvalue weighted by Crippen LogP contribution is -2.31. The molecule has 100 valence electrons. The molecule has 1 saturated heterocycles. The van der Waals surface area contributed by atoms with E-state index in [1.54, 1.807) is 11.6 Å². The summed E-state index contributed by atoms with van der Waals surface area (Å²) in [5.41, 5.74) is 6.55. The zero-order valence-electron chi connectivity index (χ0n) is 10.8. The summed E-state index contributed by atoms with van der Waals surface area (Å²) in [5, 5.41) is 10.9. The van der Waals surface area contributed by atoms with Gasteiger partial charge in [0.05, 0.1) is 0 Å². The molecule has 2 N–H and O–H groups in total. The van der Waals surface area contributed by atoms with Crippen molar-refractivity contribution in [2.45, 2.75) is 19.9 Å². The van der Waals surface area contributed by atoms with Gasteiger partial charge < -0.3 is 20.4 Å². The molecule has 0 radical (unpaired) electrons. The third-order valence-corrected chi connectivity index (χ3v) is 3.71. The van der Waals surface area contributed by atoms with E-state index in [9.17, 15) is 10.1 Å². The molecular weight excluding hydrogens is 234 g/mol. The van der Waals surface area contributed by atoms with Crippen molar-refractivity contribution in [3.05, 3.63) is 22.1 Å². The maximum absolute atomic E-state index is 10.9. The topological polar surface area (TPSA) is 90.2 Å². The van der Waals surface area contributed by atoms with Crippen LogP contribution in [0.4, 0.5) is 5.82 Å². The second kappa shape index (κ2) is 4.66. The van der Waals surface area contributed by atoms with Crippen LogP contribution in [0, 0.1) is 15.5 Å². The van der Waals surface area contributed by atoms with E-state index in [-0.39, 0.29) is 11.2 Å². The molecule has 1 aliphatic rings. The SMILES string of the molecule is Cn1cnc([N+](=O)[O-])c1CN1CCC(C)(CN)C1. The summed E-state index contributed by atoms with van der Waals surface area (Å²) < 4.78 is 1.72. The fraction of sp³-hybridized carbons (Fsp3) is 0.727. The number of imidazole rings is 1. The largest absolute Gasteiger partial charge is 0.386 e. The first-order valence-electron chi connectivity index (χ1n) is 6.02. The molecule has 1 fully saturated rings. The van der Waals surface area contributed by atoms with E-state index in [1.165, 1.54) is 6.33 Å². The van der Waals surface area contributed by atoms with Crippen molar-refractivity contribution >= 4 is 5.82 Å². The van der Waals surface area contributed by atoms with Crippen LogP contribution in [0.3, 0.4) is 0 Å². The summed E-state index contributed by atoms with van der Waals surface area (Å²) in [6, 6.07) is 0. The van der Waals surface area contributed by atoms with Crippen LogP contribution < -0.4 is 5.73 Å². The van der Waals surface area contributed by atoms with Crippen LogP contribution in [0.5, 0.6) is 0 Å². The Balaban J connectivity index is 2.11. The van der Waals surface area contributed by atoms with E-state index in [0.717, 1.165) is 19.5 Å². The third kappa shape index (κ3) is 2.37. The van der Waals surface area contributed by atoms with Crippen LogP contribution in [0.1, 0.15) is 19.0 Å². The van der Waals surface area contributed by atoms with Gasteiger partial charge in [-0.1, -0.05) is 6.92 Å². The first-order valence-corrected chi connectivity index (χ1v) is 6.02. The zero-order valence-corrected chi connectivity index (χ0v) is 10.8. The maximum atomic E-state index is 10.9. The molecule has 0 aliphatic carbocycles. The molecule has 0 aromatic carbocycles. The molecule has 1 aliphatic heterocycles. The summed E-state index contributed by atoms with van der Waals surface area (Å²) >= 11 is 0. The number of rotatable bonds is 4. The Morgan fingerprint density at radius 1 is 1.67 bits per heavy atom. The van der Waals surface area contributed by atoms with Crippen LogP contribution in [0.2, 0.25) is 0 Å². The van der Waals surface area contributed by atoms with Crippen LogP contribution >= 0.6 is 0 Å². The van der Waals surface area contributed by atoms with Crippen molar-refractivity contribution in [2.24, 2.45) is 18.2 Å². The minimum atomic E-state index is -0.423. The molecule has 1 atom stereocenters. The van der Waals surface area contributed by atoms with Crippen molar-refractivity contribution in [3.63, 3.8) is 0 Å². The zero-order chi connectivity index (χ0) is 13.3. The molecule has 2 rings (SSSR count). The summed E-state index contributed by atoms with van der Waals surface area (Å²) in [7, 11) is 1.79. The van der Waals surface area contributed by atoms with Gasteiger partial charge in [-0.25, -0.2) is 0 Å². The molecule has 0 bridgehead atoms. The minimum absolute atomic E-state index is 0.0427. The molecule has 2 heterocycles. The fourth-order valence-electron chi connectivity index (χ4n) is 2.42. The van der Waals surface area contributed by atoms with Gasteiger partial charge in [-0.05, 0) is 34.8 Å². The van der Waals surface area contributed by atoms with Gasteiger partial charge in [0.1, 0.15) is 5.69 Å². The van der Waals surface area contributed by atoms with Crippen LogP contribution in [0.15, 0.2) is 6.33 Å². The predicted octanol–water partition coefficient (Wildman–Crippen LogP) is 0.499. The second-order valence-corrected chi connectivity index (χ2v) is 5.36. The second-order valence-electron chi connectivity index (χ2n) is 5.36. The smallest absolute Gasteiger partial charge is 0.358 e. The average Bonchev–Trinajstić information content (AvgIpc) is 2.86. The quantitative estimate of drug-likeness (QED) is 0.623. The fourth-order valence-corrected chi connectivity index (χ4v) is 2.42. The lowest BCUT2D eigenvalue weighted by molar-refractivity contribution is -0.390. The molecular formula is C11H19N5O2. The van der Waals surface area contributed by atoms with Gasteiger partial charge in [-0.2, -0.15) is 0 Å². The molecule has 7 nitrogen and oxygen atoms in total. The van der Waals surface area contributed by atoms with Crippen molar-refractivity contribution in [3.8, 4) is 0 Å². The highest BCUT2D eigenvalue weighted by Crippen LogP contribution is 2.30. The summed E-state index contributed by atoms with van der Waals surface area (Å²) in [6.07, 6.45) is 2.53. The third-order valence-electron chi connectivity index (χ3n) is 3.71. The number of aryl methyl sites for hydroxylation is 1. The van der Waals surface area contributed by atoms with E-state index in [4.69, 9.17) is 5.73 Å². The van der Waals surface area contributed by atoms with Crippen molar-refractivity contribution in [2.75, 3.05) is 19.6 Å². The van der Waals surface area contributed by atoms with Crippen molar-refractivity contribution in [1.82, 2.24) is 14.5 Å². The highest BCUT2D eigenvalue weighted by Gasteiger charge is 2.34. The number of hydrogen-bond donors (Lipinski definition) is 1. The Morgan fingerprint density at radius 2 is 2.39 bits per heavy atom. The Morgan fingerprint density at radius 3 is 2.94 bits per heavy atom. The van der Waals surface area contributed by atoms with E-state index in [1.807, 2.05) is 0 Å². The molecule has 1 unspecified atom stereocenters. The van der Waals surface area contributed by atoms with E-state index >= 15 is 0 Å². The number of nitro groups is 1. The van der Waals surface area contributed by atoms with Gasteiger partial charge in [0.25, 0.3) is 0 Å². The van der Waals surface area contributed by atoms with E-state index in [0.29, 0.717) is 18.8 Å². The Labute approximate surface area is 106 Å². The van der Waals surface area contributed by atoms with E-state index in [2.05, 4.69) is 16.8 Å². The minimum Gasteiger partial charge on any atom is -0.358 e. The number of hydrogen-bond acceptors (Lipinski definition) is 5. The van der Waals surface area contributed by atoms with Gasteiger partial charge in [-0.3, -0.25) is 4.90 Å². The average molecular weight is 253 g/mol. The normalized spacial score (nSPS) is 24.6. The molecule has 0 amide bonds. The first-order chi connectivity index (χ1) is 8.45. The summed E-state index contributed by atoms with van der Waals surface area (Å²) in [4.78, 5) is 16.5. The maximum Gasteiger partial charge on any atom is 0.386 e. The summed E-state index contributed by atoms with van der Waals surface area (Å²) in [6.45, 7) is 5.17. The molecule has 0 saturated carbocycles. The van der Waals surface area contributed by atoms with Crippen LogP contribution in [0.25, 0.3) is 0 Å². The molecule has 0 spiro atoms. The van der Waals surface area contributed by atoms with Gasteiger partial charge in [-0.15, -0.1) is 0 Å². The van der Waals surface area contributed by atoms with Crippen molar-refractivity contribution in [1.29, 1.82) is 0 Å². The lowest BCUT2D eigenvalue weighted by atomic mass is 9.90. The van der Waals surface area contributed by atoms with Gasteiger partial charge in [0, 0.05) is 20.1 Å². The first kappa shape index (κ1) is 13.0. The Bertz CT molecular complexity index is 458. The molecule has 7 heteroatoms. The van der Waals surface area contributed by atoms with Gasteiger partial charge in [0.15, 0.2) is 0 Å². The van der Waals surface area contributed by atoms with Gasteiger partial charge in [0.2, 0.25) is 6.33 Å². The standard InChI is InChI=1S/C11H19N5O2/c1-11(6-12)3-4-15(7-11)5-9-10(16(17)18)13-8-14(9)2/h8H,3-7,12H2,1-2H3. The summed E-state index contributed by atoms with van der Waals surface area (Å²) in [5.74, 6) is -0.0427. The Hall–Kier alpha value is -1.47. The monoisotopic (exact) mass is 253 g/mol. The number of aromatic nitrogens is 2.